The van der Waals surface area contributed by atoms with Crippen LogP contribution in [-0.4, -0.2) is 25.2 Å². The molecule has 1 aliphatic heterocycles. The van der Waals surface area contributed by atoms with Crippen LogP contribution < -0.4 is 5.32 Å². The van der Waals surface area contributed by atoms with Crippen LogP contribution in [0.4, 0.5) is 4.39 Å². The normalized spacial score (nSPS) is 19.6. The van der Waals surface area contributed by atoms with E-state index in [1.54, 1.807) is 24.3 Å². The molecular formula is C17H18FNO2. The lowest BCUT2D eigenvalue weighted by molar-refractivity contribution is 0.0924. The first-order chi connectivity index (χ1) is 10.2. The molecule has 110 valence electrons. The van der Waals surface area contributed by atoms with E-state index < -0.39 is 0 Å². The van der Waals surface area contributed by atoms with Gasteiger partial charge in [0.25, 0.3) is 5.91 Å². The SMILES string of the molecule is CC(NC(=O)c1ccc(F)c2ccccc12)C1CCOC1. The first-order valence-corrected chi connectivity index (χ1v) is 7.22. The van der Waals surface area contributed by atoms with Gasteiger partial charge in [0.1, 0.15) is 5.82 Å². The Kier molecular flexibility index (Phi) is 3.88. The summed E-state index contributed by atoms with van der Waals surface area (Å²) in [6.07, 6.45) is 0.964. The molecule has 1 saturated heterocycles. The fourth-order valence-electron chi connectivity index (χ4n) is 2.81. The lowest BCUT2D eigenvalue weighted by atomic mass is 9.99. The largest absolute Gasteiger partial charge is 0.381 e. The Hall–Kier alpha value is -1.94. The van der Waals surface area contributed by atoms with E-state index in [2.05, 4.69) is 5.32 Å². The minimum absolute atomic E-state index is 0.0452. The van der Waals surface area contributed by atoms with E-state index in [9.17, 15) is 9.18 Å². The molecule has 3 nitrogen and oxygen atoms in total. The molecule has 0 aliphatic carbocycles. The van der Waals surface area contributed by atoms with Gasteiger partial charge < -0.3 is 10.1 Å². The van der Waals surface area contributed by atoms with Crippen molar-refractivity contribution < 1.29 is 13.9 Å². The summed E-state index contributed by atoms with van der Waals surface area (Å²) in [5.41, 5.74) is 0.512. The molecule has 1 N–H and O–H groups in total. The van der Waals surface area contributed by atoms with Gasteiger partial charge in [0, 0.05) is 29.5 Å². The minimum atomic E-state index is -0.306. The van der Waals surface area contributed by atoms with Crippen molar-refractivity contribution in [2.45, 2.75) is 19.4 Å². The second-order valence-corrected chi connectivity index (χ2v) is 5.53. The van der Waals surface area contributed by atoms with E-state index in [1.807, 2.05) is 13.0 Å². The molecule has 0 aromatic heterocycles. The molecule has 4 heteroatoms. The van der Waals surface area contributed by atoms with Crippen molar-refractivity contribution in [2.75, 3.05) is 13.2 Å². The fraction of sp³-hybridized carbons (Fsp3) is 0.353. The Labute approximate surface area is 123 Å². The second-order valence-electron chi connectivity index (χ2n) is 5.53. The standard InChI is InChI=1S/C17H18FNO2/c1-11(12-8-9-21-10-12)19-17(20)15-6-7-16(18)14-5-3-2-4-13(14)15/h2-7,11-12H,8-10H2,1H3,(H,19,20). The number of halogens is 1. The predicted molar refractivity (Wildman–Crippen MR) is 79.8 cm³/mol. The van der Waals surface area contributed by atoms with Gasteiger partial charge in [-0.15, -0.1) is 0 Å². The van der Waals surface area contributed by atoms with Crippen molar-refractivity contribution in [1.82, 2.24) is 5.32 Å². The highest BCUT2D eigenvalue weighted by Crippen LogP contribution is 2.23. The van der Waals surface area contributed by atoms with Crippen molar-refractivity contribution in [3.8, 4) is 0 Å². The third kappa shape index (κ3) is 2.76. The van der Waals surface area contributed by atoms with Crippen molar-refractivity contribution in [3.63, 3.8) is 0 Å². The molecule has 2 aromatic rings. The van der Waals surface area contributed by atoms with Gasteiger partial charge in [0.05, 0.1) is 6.61 Å². The first-order valence-electron chi connectivity index (χ1n) is 7.22. The summed E-state index contributed by atoms with van der Waals surface area (Å²) in [7, 11) is 0. The molecule has 2 unspecified atom stereocenters. The Bertz CT molecular complexity index is 665. The van der Waals surface area contributed by atoms with Crippen LogP contribution in [0, 0.1) is 11.7 Å². The third-order valence-electron chi connectivity index (χ3n) is 4.15. The Morgan fingerprint density at radius 3 is 2.76 bits per heavy atom. The quantitative estimate of drug-likeness (QED) is 0.942. The molecule has 1 amide bonds. The number of hydrogen-bond acceptors (Lipinski definition) is 2. The van der Waals surface area contributed by atoms with Crippen LogP contribution in [0.2, 0.25) is 0 Å². The number of amides is 1. The van der Waals surface area contributed by atoms with Gasteiger partial charge in [-0.05, 0) is 30.9 Å². The van der Waals surface area contributed by atoms with Crippen molar-refractivity contribution in [3.05, 3.63) is 47.8 Å². The van der Waals surface area contributed by atoms with E-state index >= 15 is 0 Å². The predicted octanol–water partition coefficient (Wildman–Crippen LogP) is 3.13. The van der Waals surface area contributed by atoms with Gasteiger partial charge in [-0.25, -0.2) is 4.39 Å². The maximum Gasteiger partial charge on any atom is 0.252 e. The molecule has 2 aromatic carbocycles. The summed E-state index contributed by atoms with van der Waals surface area (Å²) in [6.45, 7) is 3.43. The Morgan fingerprint density at radius 1 is 1.29 bits per heavy atom. The van der Waals surface area contributed by atoms with Gasteiger partial charge in [-0.3, -0.25) is 4.79 Å². The Balaban J connectivity index is 1.86. The number of fused-ring (bicyclic) bond motifs is 1. The van der Waals surface area contributed by atoms with Crippen molar-refractivity contribution >= 4 is 16.7 Å². The molecule has 1 fully saturated rings. The number of benzene rings is 2. The first kappa shape index (κ1) is 14.0. The van der Waals surface area contributed by atoms with E-state index in [1.165, 1.54) is 6.07 Å². The van der Waals surface area contributed by atoms with Crippen LogP contribution in [0.1, 0.15) is 23.7 Å². The number of carbonyl (C=O) groups excluding carboxylic acids is 1. The maximum atomic E-state index is 13.8. The molecule has 21 heavy (non-hydrogen) atoms. The highest BCUT2D eigenvalue weighted by atomic mass is 19.1. The van der Waals surface area contributed by atoms with E-state index in [4.69, 9.17) is 4.74 Å². The van der Waals surface area contributed by atoms with Crippen LogP contribution in [0.15, 0.2) is 36.4 Å². The summed E-state index contributed by atoms with van der Waals surface area (Å²) in [5.74, 6) is -0.120. The smallest absolute Gasteiger partial charge is 0.252 e. The molecule has 0 bridgehead atoms. The number of ether oxygens (including phenoxy) is 1. The molecule has 3 rings (SSSR count). The van der Waals surface area contributed by atoms with Gasteiger partial charge in [0.15, 0.2) is 0 Å². The highest BCUT2D eigenvalue weighted by molar-refractivity contribution is 6.07. The van der Waals surface area contributed by atoms with Crippen molar-refractivity contribution in [2.24, 2.45) is 5.92 Å². The molecule has 0 radical (unpaired) electrons. The second kappa shape index (κ2) is 5.82. The van der Waals surface area contributed by atoms with Crippen LogP contribution in [0.3, 0.4) is 0 Å². The monoisotopic (exact) mass is 287 g/mol. The molecule has 1 aliphatic rings. The number of hydrogen-bond donors (Lipinski definition) is 1. The van der Waals surface area contributed by atoms with E-state index in [-0.39, 0.29) is 17.8 Å². The lowest BCUT2D eigenvalue weighted by Gasteiger charge is -2.19. The average Bonchev–Trinajstić information content (AvgIpc) is 3.02. The molecular weight excluding hydrogens is 269 g/mol. The number of carbonyl (C=O) groups is 1. The van der Waals surface area contributed by atoms with E-state index in [0.29, 0.717) is 28.9 Å². The molecule has 0 saturated carbocycles. The van der Waals surface area contributed by atoms with Gasteiger partial charge in [-0.1, -0.05) is 24.3 Å². The fourth-order valence-corrected chi connectivity index (χ4v) is 2.81. The summed E-state index contributed by atoms with van der Waals surface area (Å²) >= 11 is 0. The van der Waals surface area contributed by atoms with Crippen molar-refractivity contribution in [1.29, 1.82) is 0 Å². The Morgan fingerprint density at radius 2 is 2.05 bits per heavy atom. The summed E-state index contributed by atoms with van der Waals surface area (Å²) in [6, 6.07) is 9.99. The van der Waals surface area contributed by atoms with Crippen LogP contribution >= 0.6 is 0 Å². The maximum absolute atomic E-state index is 13.8. The summed E-state index contributed by atoms with van der Waals surface area (Å²) < 4.78 is 19.1. The zero-order valence-electron chi connectivity index (χ0n) is 11.9. The third-order valence-corrected chi connectivity index (χ3v) is 4.15. The average molecular weight is 287 g/mol. The number of nitrogens with one attached hydrogen (secondary N) is 1. The zero-order valence-corrected chi connectivity index (χ0v) is 11.9. The van der Waals surface area contributed by atoms with Gasteiger partial charge in [-0.2, -0.15) is 0 Å². The highest BCUT2D eigenvalue weighted by Gasteiger charge is 2.24. The zero-order chi connectivity index (χ0) is 14.8. The number of rotatable bonds is 3. The minimum Gasteiger partial charge on any atom is -0.381 e. The topological polar surface area (TPSA) is 38.3 Å². The molecule has 1 heterocycles. The van der Waals surface area contributed by atoms with Gasteiger partial charge in [0.2, 0.25) is 0 Å². The summed E-state index contributed by atoms with van der Waals surface area (Å²) in [4.78, 5) is 12.5. The van der Waals surface area contributed by atoms with Crippen LogP contribution in [0.5, 0.6) is 0 Å². The lowest BCUT2D eigenvalue weighted by Crippen LogP contribution is -2.38. The van der Waals surface area contributed by atoms with Crippen LogP contribution in [-0.2, 0) is 4.74 Å². The van der Waals surface area contributed by atoms with Gasteiger partial charge >= 0.3 is 0 Å². The molecule has 2 atom stereocenters. The van der Waals surface area contributed by atoms with Crippen LogP contribution in [0.25, 0.3) is 10.8 Å². The summed E-state index contributed by atoms with van der Waals surface area (Å²) in [5, 5.41) is 4.13. The molecule has 0 spiro atoms. The van der Waals surface area contributed by atoms with E-state index in [0.717, 1.165) is 13.0 Å².